The SMILES string of the molecule is CCCC(C)CC(NN)C(CC)(CC)c1ccccc1. The van der Waals surface area contributed by atoms with Gasteiger partial charge in [-0.1, -0.05) is 70.9 Å². The molecule has 1 aromatic carbocycles. The molecule has 1 aromatic rings. The van der Waals surface area contributed by atoms with Gasteiger partial charge in [0.25, 0.3) is 0 Å². The molecular weight excluding hydrogens is 244 g/mol. The van der Waals surface area contributed by atoms with E-state index in [2.05, 4.69) is 63.5 Å². The maximum Gasteiger partial charge on any atom is 0.0309 e. The molecule has 0 aliphatic carbocycles. The first-order valence-corrected chi connectivity index (χ1v) is 8.16. The molecule has 3 N–H and O–H groups in total. The van der Waals surface area contributed by atoms with Gasteiger partial charge in [0.15, 0.2) is 0 Å². The fraction of sp³-hybridized carbons (Fsp3) is 0.667. The summed E-state index contributed by atoms with van der Waals surface area (Å²) in [5, 5.41) is 0. The molecule has 114 valence electrons. The van der Waals surface area contributed by atoms with Crippen LogP contribution < -0.4 is 11.3 Å². The molecule has 0 radical (unpaired) electrons. The number of nitrogens with one attached hydrogen (secondary N) is 1. The zero-order valence-electron chi connectivity index (χ0n) is 13.7. The number of rotatable bonds is 9. The summed E-state index contributed by atoms with van der Waals surface area (Å²) in [4.78, 5) is 0. The first kappa shape index (κ1) is 17.2. The van der Waals surface area contributed by atoms with Crippen LogP contribution >= 0.6 is 0 Å². The quantitative estimate of drug-likeness (QED) is 0.518. The number of hydrogen-bond acceptors (Lipinski definition) is 2. The van der Waals surface area contributed by atoms with Gasteiger partial charge >= 0.3 is 0 Å². The summed E-state index contributed by atoms with van der Waals surface area (Å²) < 4.78 is 0. The summed E-state index contributed by atoms with van der Waals surface area (Å²) in [6.07, 6.45) is 5.88. The molecule has 0 saturated heterocycles. The lowest BCUT2D eigenvalue weighted by Gasteiger charge is -2.41. The number of nitrogens with two attached hydrogens (primary N) is 1. The van der Waals surface area contributed by atoms with E-state index in [1.54, 1.807) is 0 Å². The highest BCUT2D eigenvalue weighted by Crippen LogP contribution is 2.37. The highest BCUT2D eigenvalue weighted by molar-refractivity contribution is 5.27. The summed E-state index contributed by atoms with van der Waals surface area (Å²) in [6, 6.07) is 11.2. The maximum absolute atomic E-state index is 5.94. The molecule has 20 heavy (non-hydrogen) atoms. The Morgan fingerprint density at radius 2 is 1.70 bits per heavy atom. The molecule has 0 bridgehead atoms. The molecule has 0 fully saturated rings. The van der Waals surface area contributed by atoms with Crippen molar-refractivity contribution in [1.82, 2.24) is 5.43 Å². The Hall–Kier alpha value is -0.860. The van der Waals surface area contributed by atoms with Crippen molar-refractivity contribution >= 4 is 0 Å². The van der Waals surface area contributed by atoms with Crippen molar-refractivity contribution in [2.75, 3.05) is 0 Å². The Labute approximate surface area is 125 Å². The average Bonchev–Trinajstić information content (AvgIpc) is 2.49. The Balaban J connectivity index is 3.03. The molecule has 0 aliphatic heterocycles. The number of hydrazine groups is 1. The van der Waals surface area contributed by atoms with Crippen molar-refractivity contribution in [3.63, 3.8) is 0 Å². The van der Waals surface area contributed by atoms with Gasteiger partial charge in [0.1, 0.15) is 0 Å². The smallest absolute Gasteiger partial charge is 0.0309 e. The van der Waals surface area contributed by atoms with Crippen LogP contribution in [0.4, 0.5) is 0 Å². The van der Waals surface area contributed by atoms with Gasteiger partial charge in [-0.3, -0.25) is 11.3 Å². The van der Waals surface area contributed by atoms with E-state index in [4.69, 9.17) is 5.84 Å². The molecule has 0 heterocycles. The van der Waals surface area contributed by atoms with E-state index in [-0.39, 0.29) is 5.41 Å². The van der Waals surface area contributed by atoms with Crippen LogP contribution in [0.3, 0.4) is 0 Å². The van der Waals surface area contributed by atoms with Crippen molar-refractivity contribution in [2.24, 2.45) is 11.8 Å². The van der Waals surface area contributed by atoms with Crippen molar-refractivity contribution in [3.8, 4) is 0 Å². The molecule has 0 spiro atoms. The average molecular weight is 276 g/mol. The number of hydrogen-bond donors (Lipinski definition) is 2. The highest BCUT2D eigenvalue weighted by atomic mass is 15.2. The van der Waals surface area contributed by atoms with Crippen LogP contribution in [0.5, 0.6) is 0 Å². The lowest BCUT2D eigenvalue weighted by molar-refractivity contribution is 0.231. The third-order valence-electron chi connectivity index (χ3n) is 4.90. The lowest BCUT2D eigenvalue weighted by atomic mass is 9.68. The third-order valence-corrected chi connectivity index (χ3v) is 4.90. The Bertz CT molecular complexity index is 357. The van der Waals surface area contributed by atoms with Gasteiger partial charge in [-0.2, -0.15) is 0 Å². The second-order valence-corrected chi connectivity index (χ2v) is 6.08. The minimum atomic E-state index is 0.137. The van der Waals surface area contributed by atoms with Gasteiger partial charge in [-0.15, -0.1) is 0 Å². The van der Waals surface area contributed by atoms with Crippen LogP contribution in [-0.4, -0.2) is 6.04 Å². The zero-order chi connectivity index (χ0) is 15.0. The van der Waals surface area contributed by atoms with Gasteiger partial charge in [-0.25, -0.2) is 0 Å². The largest absolute Gasteiger partial charge is 0.271 e. The van der Waals surface area contributed by atoms with E-state index in [1.165, 1.54) is 18.4 Å². The fourth-order valence-corrected chi connectivity index (χ4v) is 3.59. The Morgan fingerprint density at radius 3 is 2.15 bits per heavy atom. The van der Waals surface area contributed by atoms with Crippen LogP contribution in [0.2, 0.25) is 0 Å². The Morgan fingerprint density at radius 1 is 1.10 bits per heavy atom. The molecule has 2 atom stereocenters. The standard InChI is InChI=1S/C18H32N2/c1-5-11-15(4)14-17(20-19)18(6-2,7-3)16-12-9-8-10-13-16/h8-10,12-13,15,17,20H,5-7,11,14,19H2,1-4H3. The highest BCUT2D eigenvalue weighted by Gasteiger charge is 2.37. The minimum Gasteiger partial charge on any atom is -0.271 e. The normalized spacial score (nSPS) is 15.1. The molecule has 0 saturated carbocycles. The van der Waals surface area contributed by atoms with Gasteiger partial charge in [0.2, 0.25) is 0 Å². The first-order chi connectivity index (χ1) is 9.64. The second kappa shape index (κ2) is 8.43. The Kier molecular flexibility index (Phi) is 7.25. The number of benzene rings is 1. The van der Waals surface area contributed by atoms with Crippen LogP contribution in [0.15, 0.2) is 30.3 Å². The summed E-state index contributed by atoms with van der Waals surface area (Å²) in [5.74, 6) is 6.65. The predicted octanol–water partition coefficient (Wildman–Crippen LogP) is 4.40. The van der Waals surface area contributed by atoms with Gasteiger partial charge in [-0.05, 0) is 30.7 Å². The second-order valence-electron chi connectivity index (χ2n) is 6.08. The van der Waals surface area contributed by atoms with Crippen LogP contribution in [0, 0.1) is 5.92 Å². The fourth-order valence-electron chi connectivity index (χ4n) is 3.59. The lowest BCUT2D eigenvalue weighted by Crippen LogP contribution is -2.51. The zero-order valence-corrected chi connectivity index (χ0v) is 13.7. The van der Waals surface area contributed by atoms with E-state index in [1.807, 2.05) is 0 Å². The summed E-state index contributed by atoms with van der Waals surface area (Å²) >= 11 is 0. The van der Waals surface area contributed by atoms with Crippen molar-refractivity contribution in [3.05, 3.63) is 35.9 Å². The van der Waals surface area contributed by atoms with Crippen molar-refractivity contribution < 1.29 is 0 Å². The van der Waals surface area contributed by atoms with Crippen molar-refractivity contribution in [1.29, 1.82) is 0 Å². The monoisotopic (exact) mass is 276 g/mol. The van der Waals surface area contributed by atoms with Crippen LogP contribution in [0.25, 0.3) is 0 Å². The van der Waals surface area contributed by atoms with E-state index >= 15 is 0 Å². The van der Waals surface area contributed by atoms with Crippen LogP contribution in [-0.2, 0) is 5.41 Å². The van der Waals surface area contributed by atoms with Gasteiger partial charge < -0.3 is 0 Å². The van der Waals surface area contributed by atoms with E-state index in [9.17, 15) is 0 Å². The van der Waals surface area contributed by atoms with E-state index < -0.39 is 0 Å². The predicted molar refractivity (Wildman–Crippen MR) is 88.5 cm³/mol. The molecule has 2 heteroatoms. The molecule has 0 amide bonds. The molecule has 0 aliphatic rings. The molecule has 2 unspecified atom stereocenters. The summed E-state index contributed by atoms with van der Waals surface area (Å²) in [7, 11) is 0. The topological polar surface area (TPSA) is 38.0 Å². The minimum absolute atomic E-state index is 0.137. The van der Waals surface area contributed by atoms with Gasteiger partial charge in [0.05, 0.1) is 0 Å². The summed E-state index contributed by atoms with van der Waals surface area (Å²) in [6.45, 7) is 9.16. The van der Waals surface area contributed by atoms with Crippen LogP contribution in [0.1, 0.15) is 65.4 Å². The first-order valence-electron chi connectivity index (χ1n) is 8.16. The van der Waals surface area contributed by atoms with E-state index in [0.717, 1.165) is 19.3 Å². The maximum atomic E-state index is 5.94. The molecular formula is C18H32N2. The molecule has 1 rings (SSSR count). The summed E-state index contributed by atoms with van der Waals surface area (Å²) in [5.41, 5.74) is 4.68. The molecule has 0 aromatic heterocycles. The van der Waals surface area contributed by atoms with Crippen molar-refractivity contribution in [2.45, 2.75) is 71.3 Å². The third kappa shape index (κ3) is 3.83. The van der Waals surface area contributed by atoms with Gasteiger partial charge in [0, 0.05) is 11.5 Å². The van der Waals surface area contributed by atoms with E-state index in [0.29, 0.717) is 12.0 Å². The molecule has 2 nitrogen and oxygen atoms in total.